The fourth-order valence-electron chi connectivity index (χ4n) is 2.07. The lowest BCUT2D eigenvalue weighted by Crippen LogP contribution is -2.20. The van der Waals surface area contributed by atoms with Gasteiger partial charge in [-0.1, -0.05) is 11.6 Å². The van der Waals surface area contributed by atoms with Crippen molar-refractivity contribution in [3.8, 4) is 17.2 Å². The average Bonchev–Trinajstić information content (AvgIpc) is 2.44. The molecular weight excluding hydrogens is 286 g/mol. The van der Waals surface area contributed by atoms with Gasteiger partial charge in [0.05, 0.1) is 12.1 Å². The van der Waals surface area contributed by atoms with E-state index in [1.165, 1.54) is 7.11 Å². The summed E-state index contributed by atoms with van der Waals surface area (Å²) in [6, 6.07) is 1.08. The quantitative estimate of drug-likeness (QED) is 0.864. The molecule has 1 aromatic carbocycles. The van der Waals surface area contributed by atoms with Crippen LogP contribution in [0.3, 0.4) is 0 Å². The number of carboxylic acid groups (broad SMARTS) is 1. The molecule has 0 saturated carbocycles. The molecular formula is C13H16ClNO5. The SMILES string of the molecule is COc1cc2c(c(C(N)CCC(=O)O)c1Cl)OCCO2. The van der Waals surface area contributed by atoms with E-state index in [0.717, 1.165) is 0 Å². The monoisotopic (exact) mass is 301 g/mol. The van der Waals surface area contributed by atoms with E-state index in [4.69, 9.17) is 36.7 Å². The van der Waals surface area contributed by atoms with Crippen LogP contribution in [0.15, 0.2) is 6.07 Å². The first kappa shape index (κ1) is 14.7. The molecule has 1 heterocycles. The van der Waals surface area contributed by atoms with Gasteiger partial charge in [-0.2, -0.15) is 0 Å². The van der Waals surface area contributed by atoms with Gasteiger partial charge in [-0.15, -0.1) is 0 Å². The molecule has 1 atom stereocenters. The number of nitrogens with two attached hydrogens (primary N) is 1. The van der Waals surface area contributed by atoms with E-state index in [0.29, 0.717) is 41.0 Å². The second-order valence-electron chi connectivity index (χ2n) is 4.37. The van der Waals surface area contributed by atoms with Gasteiger partial charge in [-0.3, -0.25) is 4.79 Å². The number of aliphatic carboxylic acids is 1. The molecule has 1 unspecified atom stereocenters. The summed E-state index contributed by atoms with van der Waals surface area (Å²) >= 11 is 6.27. The van der Waals surface area contributed by atoms with E-state index in [1.807, 2.05) is 0 Å². The molecule has 0 radical (unpaired) electrons. The van der Waals surface area contributed by atoms with Crippen molar-refractivity contribution in [3.63, 3.8) is 0 Å². The Bertz CT molecular complexity index is 520. The normalized spacial score (nSPS) is 14.8. The van der Waals surface area contributed by atoms with Gasteiger partial charge >= 0.3 is 5.97 Å². The highest BCUT2D eigenvalue weighted by Crippen LogP contribution is 2.46. The number of fused-ring (bicyclic) bond motifs is 1. The third-order valence-corrected chi connectivity index (χ3v) is 3.42. The number of ether oxygens (including phenoxy) is 3. The van der Waals surface area contributed by atoms with Crippen LogP contribution in [0.4, 0.5) is 0 Å². The van der Waals surface area contributed by atoms with Gasteiger partial charge in [0.15, 0.2) is 11.5 Å². The minimum Gasteiger partial charge on any atom is -0.495 e. The molecule has 1 aliphatic rings. The van der Waals surface area contributed by atoms with Crippen LogP contribution in [0.2, 0.25) is 5.02 Å². The topological polar surface area (TPSA) is 91.0 Å². The third kappa shape index (κ3) is 2.91. The van der Waals surface area contributed by atoms with Crippen molar-refractivity contribution >= 4 is 17.6 Å². The van der Waals surface area contributed by atoms with Gasteiger partial charge in [-0.05, 0) is 6.42 Å². The lowest BCUT2D eigenvalue weighted by atomic mass is 10.0. The summed E-state index contributed by atoms with van der Waals surface area (Å²) in [5, 5.41) is 9.08. The molecule has 0 fully saturated rings. The second kappa shape index (κ2) is 6.19. The molecule has 2 rings (SSSR count). The van der Waals surface area contributed by atoms with Crippen LogP contribution in [-0.2, 0) is 4.79 Å². The minimum absolute atomic E-state index is 0.0513. The largest absolute Gasteiger partial charge is 0.495 e. The Balaban J connectivity index is 2.40. The molecule has 0 aliphatic carbocycles. The minimum atomic E-state index is -0.912. The van der Waals surface area contributed by atoms with Crippen LogP contribution < -0.4 is 19.9 Å². The highest BCUT2D eigenvalue weighted by molar-refractivity contribution is 6.33. The van der Waals surface area contributed by atoms with E-state index in [1.54, 1.807) is 6.07 Å². The van der Waals surface area contributed by atoms with Crippen molar-refractivity contribution in [1.29, 1.82) is 0 Å². The smallest absolute Gasteiger partial charge is 0.303 e. The fraction of sp³-hybridized carbons (Fsp3) is 0.462. The zero-order valence-electron chi connectivity index (χ0n) is 11.0. The number of hydrogen-bond acceptors (Lipinski definition) is 5. The molecule has 110 valence electrons. The number of carbonyl (C=O) groups is 1. The van der Waals surface area contributed by atoms with Gasteiger partial charge in [0.2, 0.25) is 0 Å². The van der Waals surface area contributed by atoms with Crippen molar-refractivity contribution in [2.24, 2.45) is 5.73 Å². The van der Waals surface area contributed by atoms with Crippen molar-refractivity contribution in [1.82, 2.24) is 0 Å². The maximum absolute atomic E-state index is 10.7. The lowest BCUT2D eigenvalue weighted by molar-refractivity contribution is -0.137. The van der Waals surface area contributed by atoms with Crippen molar-refractivity contribution < 1.29 is 24.1 Å². The first-order chi connectivity index (χ1) is 9.54. The summed E-state index contributed by atoms with van der Waals surface area (Å²) < 4.78 is 16.3. The molecule has 20 heavy (non-hydrogen) atoms. The molecule has 0 amide bonds. The standard InChI is InChI=1S/C13H16ClNO5/c1-18-8-6-9-13(20-5-4-19-9)11(12(8)14)7(15)2-3-10(16)17/h6-7H,2-5,15H2,1H3,(H,16,17). The zero-order valence-corrected chi connectivity index (χ0v) is 11.8. The van der Waals surface area contributed by atoms with Crippen LogP contribution >= 0.6 is 11.6 Å². The Labute approximate surface area is 121 Å². The molecule has 0 saturated heterocycles. The second-order valence-corrected chi connectivity index (χ2v) is 4.75. The molecule has 0 bridgehead atoms. The summed E-state index contributed by atoms with van der Waals surface area (Å²) in [6.45, 7) is 0.829. The summed E-state index contributed by atoms with van der Waals surface area (Å²) in [4.78, 5) is 10.7. The highest BCUT2D eigenvalue weighted by atomic mass is 35.5. The van der Waals surface area contributed by atoms with Crippen LogP contribution in [0.25, 0.3) is 0 Å². The van der Waals surface area contributed by atoms with E-state index in [-0.39, 0.29) is 12.8 Å². The van der Waals surface area contributed by atoms with E-state index in [2.05, 4.69) is 0 Å². The highest BCUT2D eigenvalue weighted by Gasteiger charge is 2.26. The first-order valence-corrected chi connectivity index (χ1v) is 6.55. The number of carboxylic acids is 1. The summed E-state index contributed by atoms with van der Waals surface area (Å²) in [6.07, 6.45) is 0.197. The maximum atomic E-state index is 10.7. The fourth-order valence-corrected chi connectivity index (χ4v) is 2.43. The van der Waals surface area contributed by atoms with Crippen LogP contribution in [0.5, 0.6) is 17.2 Å². The van der Waals surface area contributed by atoms with Gasteiger partial charge in [0, 0.05) is 24.1 Å². The third-order valence-electron chi connectivity index (χ3n) is 3.03. The molecule has 3 N–H and O–H groups in total. The average molecular weight is 302 g/mol. The first-order valence-electron chi connectivity index (χ1n) is 6.18. The number of rotatable bonds is 5. The van der Waals surface area contributed by atoms with E-state index >= 15 is 0 Å². The molecule has 0 aromatic heterocycles. The van der Waals surface area contributed by atoms with Gasteiger partial charge < -0.3 is 25.1 Å². The molecule has 7 heteroatoms. The van der Waals surface area contributed by atoms with E-state index in [9.17, 15) is 4.79 Å². The zero-order chi connectivity index (χ0) is 14.7. The van der Waals surface area contributed by atoms with Crippen LogP contribution in [-0.4, -0.2) is 31.4 Å². The number of hydrogen-bond donors (Lipinski definition) is 2. The Morgan fingerprint density at radius 1 is 1.55 bits per heavy atom. The van der Waals surface area contributed by atoms with Gasteiger partial charge in [0.25, 0.3) is 0 Å². The lowest BCUT2D eigenvalue weighted by Gasteiger charge is -2.25. The molecule has 6 nitrogen and oxygen atoms in total. The van der Waals surface area contributed by atoms with Crippen LogP contribution in [0, 0.1) is 0 Å². The predicted molar refractivity (Wildman–Crippen MR) is 72.8 cm³/mol. The Hall–Kier alpha value is -1.66. The van der Waals surface area contributed by atoms with Crippen LogP contribution in [0.1, 0.15) is 24.4 Å². The predicted octanol–water partition coefficient (Wildman–Crippen LogP) is 1.98. The number of methoxy groups -OCH3 is 1. The van der Waals surface area contributed by atoms with Gasteiger partial charge in [-0.25, -0.2) is 0 Å². The van der Waals surface area contributed by atoms with Crippen molar-refractivity contribution in [3.05, 3.63) is 16.7 Å². The summed E-state index contributed by atoms with van der Waals surface area (Å²) in [7, 11) is 1.49. The molecule has 1 aromatic rings. The number of benzene rings is 1. The Morgan fingerprint density at radius 2 is 2.25 bits per heavy atom. The van der Waals surface area contributed by atoms with E-state index < -0.39 is 12.0 Å². The Kier molecular flexibility index (Phi) is 4.57. The van der Waals surface area contributed by atoms with Crippen molar-refractivity contribution in [2.45, 2.75) is 18.9 Å². The summed E-state index contributed by atoms with van der Waals surface area (Å²) in [5.74, 6) is 0.500. The Morgan fingerprint density at radius 3 is 2.90 bits per heavy atom. The van der Waals surface area contributed by atoms with Crippen molar-refractivity contribution in [2.75, 3.05) is 20.3 Å². The summed E-state index contributed by atoms with van der Waals surface area (Å²) in [5.41, 5.74) is 6.58. The maximum Gasteiger partial charge on any atom is 0.303 e. The number of halogens is 1. The molecule has 1 aliphatic heterocycles. The molecule has 0 spiro atoms. The van der Waals surface area contributed by atoms with Gasteiger partial charge in [0.1, 0.15) is 19.0 Å².